The Labute approximate surface area is 129 Å². The lowest BCUT2D eigenvalue weighted by molar-refractivity contribution is 0.0601. The Bertz CT molecular complexity index is 663. The molecule has 110 valence electrons. The smallest absolute Gasteiger partial charge is 0.337 e. The minimum atomic E-state index is -0.294. The first-order valence-electron chi connectivity index (χ1n) is 7.21. The van der Waals surface area contributed by atoms with E-state index >= 15 is 0 Å². The summed E-state index contributed by atoms with van der Waals surface area (Å²) in [6.45, 7) is 2.06. The summed E-state index contributed by atoms with van der Waals surface area (Å²) in [5.41, 5.74) is 4.16. The van der Waals surface area contributed by atoms with Crippen LogP contribution in [0.4, 0.5) is 5.69 Å². The largest absolute Gasteiger partial charge is 0.465 e. The van der Waals surface area contributed by atoms with Gasteiger partial charge in [-0.1, -0.05) is 6.07 Å². The van der Waals surface area contributed by atoms with E-state index in [2.05, 4.69) is 23.7 Å². The zero-order chi connectivity index (χ0) is 14.8. The Morgan fingerprint density at radius 2 is 2.24 bits per heavy atom. The summed E-state index contributed by atoms with van der Waals surface area (Å²) < 4.78 is 4.80. The summed E-state index contributed by atoms with van der Waals surface area (Å²) in [4.78, 5) is 13.2. The third-order valence-corrected chi connectivity index (χ3v) is 5.04. The Hall–Kier alpha value is -1.81. The number of anilines is 1. The molecule has 3 rings (SSSR count). The fourth-order valence-corrected chi connectivity index (χ4v) is 3.83. The predicted octanol–water partition coefficient (Wildman–Crippen LogP) is 4.33. The molecule has 1 aromatic heterocycles. The third kappa shape index (κ3) is 2.81. The lowest BCUT2D eigenvalue weighted by atomic mass is 9.93. The number of ether oxygens (including phenoxy) is 1. The van der Waals surface area contributed by atoms with Gasteiger partial charge in [0.15, 0.2) is 0 Å². The molecule has 1 atom stereocenters. The molecule has 0 saturated carbocycles. The van der Waals surface area contributed by atoms with Gasteiger partial charge in [0.25, 0.3) is 0 Å². The van der Waals surface area contributed by atoms with Crippen LogP contribution in [0.2, 0.25) is 0 Å². The van der Waals surface area contributed by atoms with Crippen molar-refractivity contribution in [3.05, 3.63) is 51.2 Å². The van der Waals surface area contributed by atoms with Gasteiger partial charge in [0.1, 0.15) is 0 Å². The topological polar surface area (TPSA) is 38.3 Å². The number of esters is 1. The van der Waals surface area contributed by atoms with Crippen LogP contribution in [0.1, 0.15) is 45.2 Å². The van der Waals surface area contributed by atoms with E-state index in [4.69, 9.17) is 4.74 Å². The van der Waals surface area contributed by atoms with Crippen LogP contribution in [-0.2, 0) is 11.2 Å². The molecule has 2 aromatic rings. The summed E-state index contributed by atoms with van der Waals surface area (Å²) in [6.07, 6.45) is 3.53. The van der Waals surface area contributed by atoms with Gasteiger partial charge in [0.2, 0.25) is 0 Å². The Balaban J connectivity index is 1.87. The van der Waals surface area contributed by atoms with Gasteiger partial charge in [-0.15, -0.1) is 11.3 Å². The molecule has 0 bridgehead atoms. The van der Waals surface area contributed by atoms with Crippen molar-refractivity contribution in [3.63, 3.8) is 0 Å². The number of aryl methyl sites for hydroxylation is 2. The minimum Gasteiger partial charge on any atom is -0.465 e. The molecule has 1 aliphatic carbocycles. The SMILES string of the molecule is COC(=O)c1ccc(C)c(NC2CCCc3sccc32)c1. The molecule has 0 spiro atoms. The van der Waals surface area contributed by atoms with Gasteiger partial charge >= 0.3 is 5.97 Å². The summed E-state index contributed by atoms with van der Waals surface area (Å²) in [6, 6.07) is 8.22. The quantitative estimate of drug-likeness (QED) is 0.857. The van der Waals surface area contributed by atoms with Crippen molar-refractivity contribution in [2.45, 2.75) is 32.2 Å². The molecule has 0 fully saturated rings. The average molecular weight is 301 g/mol. The first-order valence-corrected chi connectivity index (χ1v) is 8.09. The standard InChI is InChI=1S/C17H19NO2S/c1-11-6-7-12(17(19)20-2)10-15(11)18-14-4-3-5-16-13(14)8-9-21-16/h6-10,14,18H,3-5H2,1-2H3. The van der Waals surface area contributed by atoms with Gasteiger partial charge in [-0.2, -0.15) is 0 Å². The van der Waals surface area contributed by atoms with E-state index in [9.17, 15) is 4.79 Å². The van der Waals surface area contributed by atoms with Gasteiger partial charge in [0, 0.05) is 10.6 Å². The van der Waals surface area contributed by atoms with Crippen molar-refractivity contribution in [2.24, 2.45) is 0 Å². The van der Waals surface area contributed by atoms with Crippen molar-refractivity contribution in [3.8, 4) is 0 Å². The van der Waals surface area contributed by atoms with Gasteiger partial charge in [-0.25, -0.2) is 4.79 Å². The monoisotopic (exact) mass is 301 g/mol. The second-order valence-corrected chi connectivity index (χ2v) is 6.41. The van der Waals surface area contributed by atoms with Gasteiger partial charge in [-0.05, 0) is 60.9 Å². The Morgan fingerprint density at radius 3 is 3.05 bits per heavy atom. The number of rotatable bonds is 3. The van der Waals surface area contributed by atoms with Crippen molar-refractivity contribution in [1.82, 2.24) is 0 Å². The fraction of sp³-hybridized carbons (Fsp3) is 0.353. The molecule has 1 unspecified atom stereocenters. The van der Waals surface area contributed by atoms with E-state index in [1.54, 1.807) is 0 Å². The van der Waals surface area contributed by atoms with Crippen molar-refractivity contribution < 1.29 is 9.53 Å². The fourth-order valence-electron chi connectivity index (χ4n) is 2.85. The zero-order valence-electron chi connectivity index (χ0n) is 12.3. The van der Waals surface area contributed by atoms with Crippen LogP contribution in [0.3, 0.4) is 0 Å². The van der Waals surface area contributed by atoms with Crippen molar-refractivity contribution in [2.75, 3.05) is 12.4 Å². The Kier molecular flexibility index (Phi) is 3.97. The number of hydrogen-bond acceptors (Lipinski definition) is 4. The van der Waals surface area contributed by atoms with Crippen LogP contribution < -0.4 is 5.32 Å². The molecular formula is C17H19NO2S. The average Bonchev–Trinajstić information content (AvgIpc) is 2.98. The summed E-state index contributed by atoms with van der Waals surface area (Å²) in [7, 11) is 1.41. The lowest BCUT2D eigenvalue weighted by Gasteiger charge is -2.25. The van der Waals surface area contributed by atoms with Crippen molar-refractivity contribution in [1.29, 1.82) is 0 Å². The molecule has 0 saturated heterocycles. The second kappa shape index (κ2) is 5.90. The number of thiophene rings is 1. The molecule has 3 nitrogen and oxygen atoms in total. The molecule has 0 amide bonds. The number of methoxy groups -OCH3 is 1. The van der Waals surface area contributed by atoms with E-state index in [1.165, 1.54) is 30.4 Å². The first kappa shape index (κ1) is 14.1. The van der Waals surface area contributed by atoms with E-state index in [0.717, 1.165) is 17.7 Å². The van der Waals surface area contributed by atoms with Gasteiger partial charge < -0.3 is 10.1 Å². The van der Waals surface area contributed by atoms with E-state index in [1.807, 2.05) is 29.5 Å². The normalized spacial score (nSPS) is 17.1. The number of carbonyl (C=O) groups excluding carboxylic acids is 1. The van der Waals surface area contributed by atoms with E-state index in [-0.39, 0.29) is 5.97 Å². The van der Waals surface area contributed by atoms with Crippen LogP contribution in [0.25, 0.3) is 0 Å². The molecule has 1 heterocycles. The number of fused-ring (bicyclic) bond motifs is 1. The van der Waals surface area contributed by atoms with Crippen LogP contribution in [-0.4, -0.2) is 13.1 Å². The van der Waals surface area contributed by atoms with Crippen LogP contribution >= 0.6 is 11.3 Å². The zero-order valence-corrected chi connectivity index (χ0v) is 13.1. The number of benzene rings is 1. The maximum atomic E-state index is 11.7. The first-order chi connectivity index (χ1) is 10.2. The summed E-state index contributed by atoms with van der Waals surface area (Å²) in [5.74, 6) is -0.294. The highest BCUT2D eigenvalue weighted by molar-refractivity contribution is 7.10. The molecular weight excluding hydrogens is 282 g/mol. The van der Waals surface area contributed by atoms with Crippen LogP contribution in [0.15, 0.2) is 29.6 Å². The highest BCUT2D eigenvalue weighted by Crippen LogP contribution is 2.36. The third-order valence-electron chi connectivity index (χ3n) is 4.04. The lowest BCUT2D eigenvalue weighted by Crippen LogP contribution is -2.16. The Morgan fingerprint density at radius 1 is 1.38 bits per heavy atom. The van der Waals surface area contributed by atoms with E-state index < -0.39 is 0 Å². The summed E-state index contributed by atoms with van der Waals surface area (Å²) in [5, 5.41) is 5.78. The minimum absolute atomic E-state index is 0.294. The van der Waals surface area contributed by atoms with Crippen LogP contribution in [0, 0.1) is 6.92 Å². The van der Waals surface area contributed by atoms with E-state index in [0.29, 0.717) is 11.6 Å². The molecule has 1 aliphatic rings. The highest BCUT2D eigenvalue weighted by Gasteiger charge is 2.21. The van der Waals surface area contributed by atoms with Gasteiger partial charge in [-0.3, -0.25) is 0 Å². The van der Waals surface area contributed by atoms with Crippen molar-refractivity contribution >= 4 is 23.0 Å². The number of carbonyl (C=O) groups is 1. The summed E-state index contributed by atoms with van der Waals surface area (Å²) >= 11 is 1.84. The molecule has 0 radical (unpaired) electrons. The molecule has 1 N–H and O–H groups in total. The maximum absolute atomic E-state index is 11.7. The second-order valence-electron chi connectivity index (χ2n) is 5.41. The van der Waals surface area contributed by atoms with Crippen LogP contribution in [0.5, 0.6) is 0 Å². The highest BCUT2D eigenvalue weighted by atomic mass is 32.1. The number of nitrogens with one attached hydrogen (secondary N) is 1. The predicted molar refractivity (Wildman–Crippen MR) is 86.1 cm³/mol. The molecule has 1 aromatic carbocycles. The number of hydrogen-bond donors (Lipinski definition) is 1. The molecule has 0 aliphatic heterocycles. The molecule has 4 heteroatoms. The van der Waals surface area contributed by atoms with Gasteiger partial charge in [0.05, 0.1) is 18.7 Å². The molecule has 21 heavy (non-hydrogen) atoms. The maximum Gasteiger partial charge on any atom is 0.337 e.